The summed E-state index contributed by atoms with van der Waals surface area (Å²) < 4.78 is 6.26. The Hall–Kier alpha value is -6.38. The lowest BCUT2D eigenvalue weighted by molar-refractivity contribution is 0.455. The number of hydrogen-bond donors (Lipinski definition) is 0. The molecule has 0 spiro atoms. The van der Waals surface area contributed by atoms with Gasteiger partial charge in [0.05, 0.1) is 22.7 Å². The molecule has 54 heavy (non-hydrogen) atoms. The fourth-order valence-corrected chi connectivity index (χ4v) is 7.36. The third kappa shape index (κ3) is 5.58. The van der Waals surface area contributed by atoms with Gasteiger partial charge in [-0.1, -0.05) is 70.0 Å². The van der Waals surface area contributed by atoms with Crippen molar-refractivity contribution < 1.29 is 0 Å². The van der Waals surface area contributed by atoms with Crippen molar-refractivity contribution in [2.24, 2.45) is 0 Å². The van der Waals surface area contributed by atoms with E-state index in [1.54, 1.807) is 67.0 Å². The van der Waals surface area contributed by atoms with Crippen molar-refractivity contribution >= 4 is 57.4 Å². The average Bonchev–Trinajstić information content (AvgIpc) is 3.82. The number of para-hydroxylation sites is 2. The zero-order chi connectivity index (χ0) is 37.1. The van der Waals surface area contributed by atoms with Crippen LogP contribution < -0.4 is 20.9 Å². The van der Waals surface area contributed by atoms with Crippen molar-refractivity contribution in [3.63, 3.8) is 0 Å². The molecular formula is C38H30Cl2N12O2. The molecule has 0 N–H and O–H groups in total. The normalized spacial score (nSPS) is 16.1. The molecule has 4 aromatic heterocycles. The fourth-order valence-electron chi connectivity index (χ4n) is 7.11. The Morgan fingerprint density at radius 3 is 1.39 bits per heavy atom. The topological polar surface area (TPSA) is 138 Å². The summed E-state index contributed by atoms with van der Waals surface area (Å²) in [5.41, 5.74) is 2.79. The smallest absolute Gasteiger partial charge is 0.289 e. The first-order valence-corrected chi connectivity index (χ1v) is 18.0. The Balaban J connectivity index is 1.19. The second-order valence-corrected chi connectivity index (χ2v) is 14.0. The molecule has 16 heteroatoms. The minimum absolute atomic E-state index is 0.129. The summed E-state index contributed by atoms with van der Waals surface area (Å²) in [5, 5.41) is 18.3. The zero-order valence-corrected chi connectivity index (χ0v) is 30.4. The number of piperazine rings is 1. The van der Waals surface area contributed by atoms with E-state index in [4.69, 9.17) is 33.2 Å². The van der Waals surface area contributed by atoms with Crippen molar-refractivity contribution in [3.8, 4) is 22.7 Å². The standard InChI is InChI=1S/C38H30Cl2N12O2/c1-23-21-47(37-41-33-31(43-45-51(33)29-9-5-3-6-10-29)35(53)49(37)27-17-13-25(39)14-18-27)22-24(2)48(23)38-42-34-32(44-46-52(34)30-11-7-4-8-12-30)36(54)50(38)28-19-15-26(40)16-20-28/h3-20,23-24H,21-22H2,1-2H3. The van der Waals surface area contributed by atoms with Crippen molar-refractivity contribution in [1.82, 2.24) is 49.1 Å². The highest BCUT2D eigenvalue weighted by atomic mass is 35.5. The van der Waals surface area contributed by atoms with Crippen LogP contribution in [0.5, 0.6) is 0 Å². The molecule has 0 bridgehead atoms. The van der Waals surface area contributed by atoms with Crippen LogP contribution in [-0.4, -0.2) is 74.3 Å². The van der Waals surface area contributed by atoms with E-state index in [9.17, 15) is 9.59 Å². The lowest BCUT2D eigenvalue weighted by atomic mass is 10.1. The van der Waals surface area contributed by atoms with Gasteiger partial charge >= 0.3 is 0 Å². The lowest BCUT2D eigenvalue weighted by Gasteiger charge is -2.46. The third-order valence-electron chi connectivity index (χ3n) is 9.52. The number of aromatic nitrogens is 10. The first-order chi connectivity index (χ1) is 26.3. The maximum Gasteiger partial charge on any atom is 0.289 e. The SMILES string of the molecule is CC1CN(c2nc3c(nnn3-c3ccccc3)c(=O)n2-c2ccc(Cl)cc2)CC(C)N1c1nc2c(nnn2-c2ccccc2)c(=O)n1-c1ccc(Cl)cc1. The molecule has 0 radical (unpaired) electrons. The van der Waals surface area contributed by atoms with E-state index in [0.717, 1.165) is 11.4 Å². The van der Waals surface area contributed by atoms with Gasteiger partial charge in [0.15, 0.2) is 22.3 Å². The number of rotatable bonds is 6. The van der Waals surface area contributed by atoms with Crippen LogP contribution in [0.15, 0.2) is 119 Å². The van der Waals surface area contributed by atoms with Crippen LogP contribution in [0.4, 0.5) is 11.9 Å². The van der Waals surface area contributed by atoms with Gasteiger partial charge in [-0.05, 0) is 86.6 Å². The van der Waals surface area contributed by atoms with E-state index in [1.807, 2.05) is 60.7 Å². The quantitative estimate of drug-likeness (QED) is 0.209. The number of nitrogens with zero attached hydrogens (tertiary/aromatic N) is 12. The Bertz CT molecular complexity index is 2770. The zero-order valence-electron chi connectivity index (χ0n) is 28.9. The second kappa shape index (κ2) is 13.2. The minimum atomic E-state index is -0.369. The maximum absolute atomic E-state index is 14.4. The predicted octanol–water partition coefficient (Wildman–Crippen LogP) is 5.66. The van der Waals surface area contributed by atoms with E-state index >= 15 is 0 Å². The Morgan fingerprint density at radius 2 is 0.944 bits per heavy atom. The van der Waals surface area contributed by atoms with Crippen molar-refractivity contribution in [1.29, 1.82) is 0 Å². The summed E-state index contributed by atoms with van der Waals surface area (Å²) in [6.07, 6.45) is 0. The monoisotopic (exact) mass is 756 g/mol. The number of fused-ring (bicyclic) bond motifs is 2. The predicted molar refractivity (Wildman–Crippen MR) is 208 cm³/mol. The van der Waals surface area contributed by atoms with Crippen LogP contribution in [0.2, 0.25) is 10.0 Å². The summed E-state index contributed by atoms with van der Waals surface area (Å²) in [6.45, 7) is 4.93. The van der Waals surface area contributed by atoms with Gasteiger partial charge < -0.3 is 9.80 Å². The molecule has 0 aliphatic carbocycles. The van der Waals surface area contributed by atoms with Gasteiger partial charge in [0, 0.05) is 35.2 Å². The number of halogens is 2. The number of anilines is 2. The molecule has 268 valence electrons. The van der Waals surface area contributed by atoms with E-state index < -0.39 is 0 Å². The Labute approximate surface area is 317 Å². The fraction of sp³-hybridized carbons (Fsp3) is 0.158. The molecule has 1 aliphatic rings. The molecule has 0 saturated carbocycles. The molecule has 2 atom stereocenters. The second-order valence-electron chi connectivity index (χ2n) is 13.1. The van der Waals surface area contributed by atoms with E-state index in [1.165, 1.54) is 0 Å². The molecule has 5 heterocycles. The van der Waals surface area contributed by atoms with Crippen molar-refractivity contribution in [3.05, 3.63) is 140 Å². The van der Waals surface area contributed by atoms with E-state index in [-0.39, 0.29) is 34.2 Å². The van der Waals surface area contributed by atoms with Crippen LogP contribution >= 0.6 is 23.2 Å². The molecule has 2 unspecified atom stereocenters. The molecular weight excluding hydrogens is 727 g/mol. The van der Waals surface area contributed by atoms with Gasteiger partial charge in [0.2, 0.25) is 11.9 Å². The lowest BCUT2D eigenvalue weighted by Crippen LogP contribution is -2.59. The molecule has 8 aromatic rings. The number of benzene rings is 4. The first-order valence-electron chi connectivity index (χ1n) is 17.2. The maximum atomic E-state index is 14.4. The Morgan fingerprint density at radius 1 is 0.537 bits per heavy atom. The molecule has 0 amide bonds. The van der Waals surface area contributed by atoms with Crippen molar-refractivity contribution in [2.45, 2.75) is 25.9 Å². The largest absolute Gasteiger partial charge is 0.338 e. The number of hydrogen-bond acceptors (Lipinski definition) is 10. The molecule has 1 fully saturated rings. The molecule has 4 aromatic carbocycles. The van der Waals surface area contributed by atoms with Crippen LogP contribution in [0, 0.1) is 0 Å². The molecule has 9 rings (SSSR count). The highest BCUT2D eigenvalue weighted by molar-refractivity contribution is 6.30. The van der Waals surface area contributed by atoms with Gasteiger partial charge in [0.25, 0.3) is 11.1 Å². The minimum Gasteiger partial charge on any atom is -0.338 e. The van der Waals surface area contributed by atoms with Crippen LogP contribution in [0.3, 0.4) is 0 Å². The summed E-state index contributed by atoms with van der Waals surface area (Å²) in [5.74, 6) is 0.830. The van der Waals surface area contributed by atoms with Gasteiger partial charge in [-0.15, -0.1) is 10.2 Å². The van der Waals surface area contributed by atoms with Gasteiger partial charge in [-0.2, -0.15) is 19.3 Å². The van der Waals surface area contributed by atoms with Gasteiger partial charge in [-0.3, -0.25) is 9.59 Å². The Kier molecular flexibility index (Phi) is 8.20. The summed E-state index contributed by atoms with van der Waals surface area (Å²) in [4.78, 5) is 43.2. The first kappa shape index (κ1) is 33.5. The van der Waals surface area contributed by atoms with Gasteiger partial charge in [-0.25, -0.2) is 9.13 Å². The third-order valence-corrected chi connectivity index (χ3v) is 10.0. The molecule has 1 aliphatic heterocycles. The highest BCUT2D eigenvalue weighted by Gasteiger charge is 2.36. The molecule has 1 saturated heterocycles. The van der Waals surface area contributed by atoms with Gasteiger partial charge in [0.1, 0.15) is 0 Å². The summed E-state index contributed by atoms with van der Waals surface area (Å²) in [6, 6.07) is 32.4. The molecule has 14 nitrogen and oxygen atoms in total. The van der Waals surface area contributed by atoms with E-state index in [0.29, 0.717) is 57.7 Å². The van der Waals surface area contributed by atoms with Crippen LogP contribution in [0.25, 0.3) is 45.1 Å². The van der Waals surface area contributed by atoms with E-state index in [2.05, 4.69) is 44.3 Å². The van der Waals surface area contributed by atoms with Crippen LogP contribution in [0.1, 0.15) is 13.8 Å². The van der Waals surface area contributed by atoms with Crippen molar-refractivity contribution in [2.75, 3.05) is 22.9 Å². The van der Waals surface area contributed by atoms with Crippen LogP contribution in [-0.2, 0) is 0 Å². The summed E-state index contributed by atoms with van der Waals surface area (Å²) in [7, 11) is 0. The average molecular weight is 758 g/mol. The highest BCUT2D eigenvalue weighted by Crippen LogP contribution is 2.30. The summed E-state index contributed by atoms with van der Waals surface area (Å²) >= 11 is 12.5.